The Balaban J connectivity index is 1.56. The minimum Gasteiger partial charge on any atom is -0.462 e. The molecule has 5 atom stereocenters. The number of allylic oxidation sites excluding steroid dienone is 1. The van der Waals surface area contributed by atoms with Gasteiger partial charge < -0.3 is 9.47 Å². The fourth-order valence-corrected chi connectivity index (χ4v) is 5.98. The summed E-state index contributed by atoms with van der Waals surface area (Å²) in [6.45, 7) is 9.91. The van der Waals surface area contributed by atoms with Gasteiger partial charge in [-0.05, 0) is 62.7 Å². The average molecular weight is 318 g/mol. The van der Waals surface area contributed by atoms with E-state index < -0.39 is 0 Å². The first-order valence-corrected chi connectivity index (χ1v) is 9.31. The van der Waals surface area contributed by atoms with Crippen LogP contribution in [0.15, 0.2) is 11.6 Å². The smallest absolute Gasteiger partial charge is 0.334 e. The third-order valence-electron chi connectivity index (χ3n) is 7.60. The SMILES string of the molecule is CC1(C)OC1CC[C@]1(C)CCC[C@]2(C)[C@H]3COC(=O)C3=CC[C@@H]12. The molecule has 1 saturated carbocycles. The monoisotopic (exact) mass is 318 g/mol. The molecule has 4 rings (SSSR count). The highest BCUT2D eigenvalue weighted by Gasteiger charge is 2.57. The predicted octanol–water partition coefficient (Wildman–Crippen LogP) is 4.26. The van der Waals surface area contributed by atoms with Crippen LogP contribution in [0.2, 0.25) is 0 Å². The summed E-state index contributed by atoms with van der Waals surface area (Å²) >= 11 is 0. The summed E-state index contributed by atoms with van der Waals surface area (Å²) in [5.41, 5.74) is 1.66. The van der Waals surface area contributed by atoms with Crippen molar-refractivity contribution in [3.05, 3.63) is 11.6 Å². The number of ether oxygens (including phenoxy) is 2. The van der Waals surface area contributed by atoms with Gasteiger partial charge in [0.2, 0.25) is 0 Å². The molecule has 0 aromatic heterocycles. The average Bonchev–Trinajstić information content (AvgIpc) is 2.90. The molecule has 0 aromatic rings. The van der Waals surface area contributed by atoms with Crippen molar-refractivity contribution in [2.45, 2.75) is 77.9 Å². The van der Waals surface area contributed by atoms with Crippen molar-refractivity contribution < 1.29 is 14.3 Å². The lowest BCUT2D eigenvalue weighted by molar-refractivity contribution is -0.135. The lowest BCUT2D eigenvalue weighted by atomic mass is 9.47. The quantitative estimate of drug-likeness (QED) is 0.576. The van der Waals surface area contributed by atoms with Crippen LogP contribution in [0.25, 0.3) is 0 Å². The lowest BCUT2D eigenvalue weighted by Gasteiger charge is -2.56. The van der Waals surface area contributed by atoms with Gasteiger partial charge in [0.1, 0.15) is 0 Å². The number of rotatable bonds is 3. The number of carbonyl (C=O) groups excluding carboxylic acids is 1. The van der Waals surface area contributed by atoms with Crippen LogP contribution in [0, 0.1) is 22.7 Å². The van der Waals surface area contributed by atoms with E-state index in [9.17, 15) is 4.79 Å². The number of hydrogen-bond donors (Lipinski definition) is 0. The normalized spacial score (nSPS) is 47.4. The zero-order valence-corrected chi connectivity index (χ0v) is 15.0. The van der Waals surface area contributed by atoms with Crippen LogP contribution in [-0.2, 0) is 14.3 Å². The van der Waals surface area contributed by atoms with Crippen LogP contribution >= 0.6 is 0 Å². The molecular formula is C20H30O3. The number of hydrogen-bond acceptors (Lipinski definition) is 3. The Morgan fingerprint density at radius 1 is 1.22 bits per heavy atom. The minimum atomic E-state index is -0.0601. The molecule has 2 aliphatic carbocycles. The van der Waals surface area contributed by atoms with Crippen LogP contribution in [0.5, 0.6) is 0 Å². The van der Waals surface area contributed by atoms with Crippen molar-refractivity contribution in [1.82, 2.24) is 0 Å². The Morgan fingerprint density at radius 2 is 1.96 bits per heavy atom. The first kappa shape index (κ1) is 15.7. The zero-order chi connectivity index (χ0) is 16.5. The number of epoxide rings is 1. The van der Waals surface area contributed by atoms with Crippen molar-refractivity contribution in [2.75, 3.05) is 6.61 Å². The summed E-state index contributed by atoms with van der Waals surface area (Å²) < 4.78 is 11.2. The highest BCUT2D eigenvalue weighted by molar-refractivity contribution is 5.91. The van der Waals surface area contributed by atoms with E-state index in [1.165, 1.54) is 32.1 Å². The van der Waals surface area contributed by atoms with Crippen LogP contribution < -0.4 is 0 Å². The molecule has 0 spiro atoms. The van der Waals surface area contributed by atoms with E-state index in [0.29, 0.717) is 30.0 Å². The van der Waals surface area contributed by atoms with Crippen molar-refractivity contribution in [3.8, 4) is 0 Å². The molecule has 2 heterocycles. The van der Waals surface area contributed by atoms with Crippen molar-refractivity contribution in [3.63, 3.8) is 0 Å². The van der Waals surface area contributed by atoms with Gasteiger partial charge in [0, 0.05) is 11.5 Å². The van der Waals surface area contributed by atoms with Gasteiger partial charge in [0.15, 0.2) is 0 Å². The summed E-state index contributed by atoms with van der Waals surface area (Å²) in [7, 11) is 0. The molecular weight excluding hydrogens is 288 g/mol. The van der Waals surface area contributed by atoms with Crippen LogP contribution in [0.4, 0.5) is 0 Å². The van der Waals surface area contributed by atoms with Crippen LogP contribution in [-0.4, -0.2) is 24.3 Å². The number of carbonyl (C=O) groups is 1. The molecule has 2 saturated heterocycles. The second-order valence-electron chi connectivity index (χ2n) is 9.36. The molecule has 4 aliphatic rings. The molecule has 0 amide bonds. The molecule has 3 nitrogen and oxygen atoms in total. The van der Waals surface area contributed by atoms with Gasteiger partial charge in [0.25, 0.3) is 0 Å². The fourth-order valence-electron chi connectivity index (χ4n) is 5.98. The van der Waals surface area contributed by atoms with Gasteiger partial charge in [-0.1, -0.05) is 26.3 Å². The highest BCUT2D eigenvalue weighted by Crippen LogP contribution is 2.62. The number of cyclic esters (lactones) is 1. The van der Waals surface area contributed by atoms with E-state index in [2.05, 4.69) is 33.8 Å². The Kier molecular flexibility index (Phi) is 3.30. The first-order chi connectivity index (χ1) is 10.8. The summed E-state index contributed by atoms with van der Waals surface area (Å²) in [6.07, 6.45) is 9.92. The van der Waals surface area contributed by atoms with Gasteiger partial charge in [-0.15, -0.1) is 0 Å². The first-order valence-electron chi connectivity index (χ1n) is 9.31. The highest BCUT2D eigenvalue weighted by atomic mass is 16.6. The molecule has 0 bridgehead atoms. The van der Waals surface area contributed by atoms with Gasteiger partial charge in [-0.3, -0.25) is 0 Å². The van der Waals surface area contributed by atoms with Gasteiger partial charge in [-0.2, -0.15) is 0 Å². The Labute approximate surface area is 139 Å². The van der Waals surface area contributed by atoms with E-state index in [-0.39, 0.29) is 17.0 Å². The van der Waals surface area contributed by atoms with E-state index >= 15 is 0 Å². The Bertz CT molecular complexity index is 563. The number of fused-ring (bicyclic) bond motifs is 3. The van der Waals surface area contributed by atoms with Gasteiger partial charge in [-0.25, -0.2) is 4.79 Å². The molecule has 3 heteroatoms. The van der Waals surface area contributed by atoms with Crippen molar-refractivity contribution >= 4 is 5.97 Å². The molecule has 0 N–H and O–H groups in total. The molecule has 128 valence electrons. The molecule has 2 aliphatic heterocycles. The molecule has 3 fully saturated rings. The van der Waals surface area contributed by atoms with Crippen LogP contribution in [0.1, 0.15) is 66.2 Å². The molecule has 1 unspecified atom stereocenters. The standard InChI is InChI=1S/C20H30O3/c1-18(2)16(23-18)8-11-19(3)9-5-10-20(4)14-12-22-17(21)13(14)6-7-15(19)20/h6,14-16H,5,7-12H2,1-4H3/t14-,15-,16?,19-,20+/m0/s1. The maximum atomic E-state index is 12.0. The van der Waals surface area contributed by atoms with E-state index in [1.54, 1.807) is 0 Å². The van der Waals surface area contributed by atoms with E-state index in [1.807, 2.05) is 0 Å². The largest absolute Gasteiger partial charge is 0.462 e. The summed E-state index contributed by atoms with van der Waals surface area (Å²) in [6, 6.07) is 0. The summed E-state index contributed by atoms with van der Waals surface area (Å²) in [5, 5.41) is 0. The zero-order valence-electron chi connectivity index (χ0n) is 15.0. The second-order valence-corrected chi connectivity index (χ2v) is 9.36. The van der Waals surface area contributed by atoms with Crippen LogP contribution in [0.3, 0.4) is 0 Å². The van der Waals surface area contributed by atoms with Crippen molar-refractivity contribution in [1.29, 1.82) is 0 Å². The van der Waals surface area contributed by atoms with Gasteiger partial charge >= 0.3 is 5.97 Å². The third-order valence-corrected chi connectivity index (χ3v) is 7.60. The second kappa shape index (κ2) is 4.84. The molecule has 0 aromatic carbocycles. The lowest BCUT2D eigenvalue weighted by Crippen LogP contribution is -2.50. The predicted molar refractivity (Wildman–Crippen MR) is 88.9 cm³/mol. The maximum absolute atomic E-state index is 12.0. The topological polar surface area (TPSA) is 38.8 Å². The molecule has 23 heavy (non-hydrogen) atoms. The Hall–Kier alpha value is -0.830. The minimum absolute atomic E-state index is 0.0601. The maximum Gasteiger partial charge on any atom is 0.334 e. The molecule has 0 radical (unpaired) electrons. The third kappa shape index (κ3) is 2.30. The fraction of sp³-hybridized carbons (Fsp3) is 0.850. The summed E-state index contributed by atoms with van der Waals surface area (Å²) in [4.78, 5) is 12.0. The summed E-state index contributed by atoms with van der Waals surface area (Å²) in [5.74, 6) is 0.922. The Morgan fingerprint density at radius 3 is 2.65 bits per heavy atom. The number of esters is 1. The van der Waals surface area contributed by atoms with Gasteiger partial charge in [0.05, 0.1) is 18.3 Å². The van der Waals surface area contributed by atoms with E-state index in [4.69, 9.17) is 9.47 Å². The van der Waals surface area contributed by atoms with Crippen molar-refractivity contribution in [2.24, 2.45) is 22.7 Å². The van der Waals surface area contributed by atoms with E-state index in [0.717, 1.165) is 12.0 Å².